The van der Waals surface area contributed by atoms with Gasteiger partial charge in [0.2, 0.25) is 0 Å². The van der Waals surface area contributed by atoms with E-state index in [9.17, 15) is 0 Å². The zero-order chi connectivity index (χ0) is 9.07. The van der Waals surface area contributed by atoms with Crippen LogP contribution in [0.25, 0.3) is 0 Å². The predicted molar refractivity (Wildman–Crippen MR) is 49.9 cm³/mol. The fourth-order valence-electron chi connectivity index (χ4n) is 0.642. The van der Waals surface area contributed by atoms with E-state index in [-0.39, 0.29) is 0 Å². The Balaban J connectivity index is 0.000000168. The Kier molecular flexibility index (Phi) is 10.3. The summed E-state index contributed by atoms with van der Waals surface area (Å²) < 4.78 is 0. The summed E-state index contributed by atoms with van der Waals surface area (Å²) in [5.41, 5.74) is 0. The summed E-state index contributed by atoms with van der Waals surface area (Å²) in [6.45, 7) is 0. The zero-order valence-corrected chi connectivity index (χ0v) is 9.00. The maximum atomic E-state index is 4.57. The van der Waals surface area contributed by atoms with Gasteiger partial charge in [0.25, 0.3) is 0 Å². The molecular weight excluding hydrogens is 257 g/mol. The summed E-state index contributed by atoms with van der Waals surface area (Å²) in [6, 6.07) is 20.0. The monoisotopic (exact) mass is 267 g/mol. The molecule has 0 saturated heterocycles. The molecule has 2 aromatic rings. The molecule has 0 aliphatic rings. The van der Waals surface area contributed by atoms with Crippen molar-refractivity contribution in [3.63, 3.8) is 0 Å². The van der Waals surface area contributed by atoms with Crippen LogP contribution in [-0.2, 0) is 17.3 Å². The van der Waals surface area contributed by atoms with Crippen molar-refractivity contribution in [3.05, 3.63) is 60.7 Å². The fourth-order valence-corrected chi connectivity index (χ4v) is 0.642. The second-order valence-corrected chi connectivity index (χ2v) is 1.92. The normalized spacial score (nSPS) is 7.08. The van der Waals surface area contributed by atoms with E-state index < -0.39 is 0 Å². The van der Waals surface area contributed by atoms with Crippen LogP contribution in [0.5, 0.6) is 0 Å². The maximum absolute atomic E-state index is 4.57. The van der Waals surface area contributed by atoms with E-state index >= 15 is 0 Å². The minimum absolute atomic E-state index is 1.82. The molecule has 0 radical (unpaired) electrons. The summed E-state index contributed by atoms with van der Waals surface area (Å²) in [4.78, 5) is 0. The zero-order valence-electron chi connectivity index (χ0n) is 6.51. The van der Waals surface area contributed by atoms with Gasteiger partial charge in [-0.15, -0.1) is 0 Å². The first-order valence-electron chi connectivity index (χ1n) is 3.47. The van der Waals surface area contributed by atoms with E-state index in [0.29, 0.717) is 0 Å². The van der Waals surface area contributed by atoms with Crippen molar-refractivity contribution in [2.75, 3.05) is 0 Å². The fraction of sp³-hybridized carbons (Fsp3) is 0. The van der Waals surface area contributed by atoms with Crippen molar-refractivity contribution in [1.82, 2.24) is 0 Å². The van der Waals surface area contributed by atoms with Gasteiger partial charge in [-0.2, -0.15) is 36.4 Å². The van der Waals surface area contributed by atoms with E-state index in [2.05, 4.69) is 9.69 Å². The van der Waals surface area contributed by atoms with Crippen molar-refractivity contribution in [3.8, 4) is 0 Å². The molecular formula is C10H10ClRu. The molecule has 0 bridgehead atoms. The molecule has 0 aliphatic carbocycles. The second-order valence-electron chi connectivity index (χ2n) is 1.92. The van der Waals surface area contributed by atoms with E-state index in [1.807, 2.05) is 78.0 Å². The molecule has 0 unspecified atom stereocenters. The Morgan fingerprint density at radius 3 is 1.00 bits per heavy atom. The summed E-state index contributed by atoms with van der Waals surface area (Å²) in [6.07, 6.45) is 0. The van der Waals surface area contributed by atoms with Crippen molar-refractivity contribution >= 4 is 9.69 Å². The minimum atomic E-state index is 1.82. The summed E-state index contributed by atoms with van der Waals surface area (Å²) in [5.74, 6) is 0. The molecule has 0 heterocycles. The van der Waals surface area contributed by atoms with Crippen molar-refractivity contribution < 1.29 is 17.3 Å². The standard InChI is InChI=1S/2C5H5.ClH.Ru/c2*1-2-4-5-3-1;;/h2*1-5H;1H;/q2*-1;;+3/p-1. The number of hydrogen-bond donors (Lipinski definition) is 0. The molecule has 0 atom stereocenters. The van der Waals surface area contributed by atoms with Crippen LogP contribution in [0.4, 0.5) is 0 Å². The average Bonchev–Trinajstić information content (AvgIpc) is 2.87. The molecule has 0 amide bonds. The van der Waals surface area contributed by atoms with Gasteiger partial charge in [0.05, 0.1) is 0 Å². The molecule has 0 fully saturated rings. The van der Waals surface area contributed by atoms with Gasteiger partial charge in [0, 0.05) is 0 Å². The average molecular weight is 267 g/mol. The molecule has 0 spiro atoms. The van der Waals surface area contributed by atoms with Gasteiger partial charge in [0.15, 0.2) is 0 Å². The second kappa shape index (κ2) is 10.6. The van der Waals surface area contributed by atoms with Gasteiger partial charge in [-0.1, -0.05) is 0 Å². The van der Waals surface area contributed by atoms with Crippen molar-refractivity contribution in [2.24, 2.45) is 0 Å². The maximum Gasteiger partial charge on any atom is -0.172 e. The summed E-state index contributed by atoms with van der Waals surface area (Å²) in [7, 11) is 4.57. The molecule has 12 heavy (non-hydrogen) atoms. The Morgan fingerprint density at radius 2 is 0.917 bits per heavy atom. The van der Waals surface area contributed by atoms with Crippen LogP contribution >= 0.6 is 9.69 Å². The van der Waals surface area contributed by atoms with Crippen LogP contribution < -0.4 is 0 Å². The molecule has 0 aliphatic heterocycles. The van der Waals surface area contributed by atoms with Gasteiger partial charge >= 0.3 is 27.0 Å². The molecule has 2 rings (SSSR count). The quantitative estimate of drug-likeness (QED) is 0.506. The summed E-state index contributed by atoms with van der Waals surface area (Å²) in [5, 5.41) is 0. The third-order valence-corrected chi connectivity index (χ3v) is 1.11. The van der Waals surface area contributed by atoms with Crippen LogP contribution in [0.3, 0.4) is 0 Å². The van der Waals surface area contributed by atoms with Gasteiger partial charge in [-0.25, -0.2) is 24.3 Å². The van der Waals surface area contributed by atoms with Crippen LogP contribution in [0.1, 0.15) is 0 Å². The predicted octanol–water partition coefficient (Wildman–Crippen LogP) is 3.50. The Morgan fingerprint density at radius 1 is 0.667 bits per heavy atom. The molecule has 2 aromatic carbocycles. The molecule has 2 heteroatoms. The molecule has 0 N–H and O–H groups in total. The number of rotatable bonds is 0. The van der Waals surface area contributed by atoms with E-state index in [0.717, 1.165) is 0 Å². The molecule has 65 valence electrons. The Hall–Kier alpha value is -0.387. The topological polar surface area (TPSA) is 0 Å². The van der Waals surface area contributed by atoms with E-state index in [1.54, 1.807) is 0 Å². The first-order valence-corrected chi connectivity index (χ1v) is 5.71. The molecule has 0 nitrogen and oxygen atoms in total. The first-order chi connectivity index (χ1) is 6.00. The SMILES string of the molecule is [Cl][Ru+2].c1cc[cH-]c1.c1cc[cH-]c1. The van der Waals surface area contributed by atoms with Crippen molar-refractivity contribution in [2.45, 2.75) is 0 Å². The van der Waals surface area contributed by atoms with Crippen molar-refractivity contribution in [1.29, 1.82) is 0 Å². The van der Waals surface area contributed by atoms with E-state index in [4.69, 9.17) is 0 Å². The largest absolute Gasteiger partial charge is 0.214 e. The third kappa shape index (κ3) is 7.72. The van der Waals surface area contributed by atoms with Gasteiger partial charge in [-0.3, -0.25) is 0 Å². The van der Waals surface area contributed by atoms with Crippen LogP contribution in [0.15, 0.2) is 60.7 Å². The van der Waals surface area contributed by atoms with Gasteiger partial charge in [0.1, 0.15) is 0 Å². The summed E-state index contributed by atoms with van der Waals surface area (Å²) >= 11 is 1.82. The van der Waals surface area contributed by atoms with Gasteiger partial charge < -0.3 is 0 Å². The molecule has 0 saturated carbocycles. The number of halogens is 1. The Labute approximate surface area is 87.6 Å². The minimum Gasteiger partial charge on any atom is -0.214 e. The van der Waals surface area contributed by atoms with E-state index in [1.165, 1.54) is 0 Å². The third-order valence-electron chi connectivity index (χ3n) is 1.11. The molecule has 0 aromatic heterocycles. The van der Waals surface area contributed by atoms with Crippen LogP contribution in [0, 0.1) is 0 Å². The first kappa shape index (κ1) is 11.6. The Bertz CT molecular complexity index is 149. The number of hydrogen-bond acceptors (Lipinski definition) is 0. The van der Waals surface area contributed by atoms with Crippen LogP contribution in [0.2, 0.25) is 0 Å². The van der Waals surface area contributed by atoms with Gasteiger partial charge in [-0.05, 0) is 0 Å². The van der Waals surface area contributed by atoms with Crippen LogP contribution in [-0.4, -0.2) is 0 Å². The smallest absolute Gasteiger partial charge is 0.172 e.